The van der Waals surface area contributed by atoms with Gasteiger partial charge in [-0.15, -0.1) is 0 Å². The number of rotatable bonds is 3. The number of halogens is 1. The van der Waals surface area contributed by atoms with Crippen molar-refractivity contribution in [3.63, 3.8) is 0 Å². The van der Waals surface area contributed by atoms with Gasteiger partial charge < -0.3 is 10.2 Å². The number of carbonyl (C=O) groups is 3. The molecule has 29 heavy (non-hydrogen) atoms. The normalized spacial score (nSPS) is 26.7. The first-order valence-corrected chi connectivity index (χ1v) is 10.5. The molecule has 2 heterocycles. The Labute approximate surface area is 170 Å². The Bertz CT molecular complexity index is 809. The highest BCUT2D eigenvalue weighted by atomic mass is 19.1. The third-order valence-corrected chi connectivity index (χ3v) is 7.08. The number of carbonyl (C=O) groups excluding carboxylic acids is 3. The number of nitrogens with zero attached hydrogens (tertiary/aromatic N) is 2. The summed E-state index contributed by atoms with van der Waals surface area (Å²) in [6.45, 7) is 2.71. The summed E-state index contributed by atoms with van der Waals surface area (Å²) < 4.78 is 13.2. The fourth-order valence-electron chi connectivity index (χ4n) is 5.09. The summed E-state index contributed by atoms with van der Waals surface area (Å²) in [6.07, 6.45) is 8.37. The number of benzene rings is 1. The van der Waals surface area contributed by atoms with Crippen molar-refractivity contribution in [2.45, 2.75) is 57.4 Å². The van der Waals surface area contributed by atoms with Crippen LogP contribution in [0.25, 0.3) is 0 Å². The number of hydrogen-bond acceptors (Lipinski definition) is 3. The second kappa shape index (κ2) is 7.43. The number of urea groups is 1. The highest BCUT2D eigenvalue weighted by Gasteiger charge is 2.50. The van der Waals surface area contributed by atoms with Gasteiger partial charge in [0.1, 0.15) is 17.9 Å². The second-order valence-corrected chi connectivity index (χ2v) is 8.89. The van der Waals surface area contributed by atoms with Gasteiger partial charge in [-0.25, -0.2) is 9.18 Å². The molecule has 0 radical (unpaired) electrons. The van der Waals surface area contributed by atoms with Crippen molar-refractivity contribution in [1.29, 1.82) is 0 Å². The standard InChI is InChI=1S/C22H28FN3O3/c1-21(16-5-7-17(23)8-6-16)19(28)26(20(29)24-21)15-18(27)25-13-11-22(12-14-25)9-3-2-4-10-22/h5-8H,2-4,9-15H2,1H3,(H,24,29). The van der Waals surface area contributed by atoms with Crippen LogP contribution in [0, 0.1) is 11.2 Å². The molecule has 6 nitrogen and oxygen atoms in total. The van der Waals surface area contributed by atoms with Crippen LogP contribution in [0.1, 0.15) is 57.4 Å². The Hall–Kier alpha value is -2.44. The zero-order chi connectivity index (χ0) is 20.6. The minimum atomic E-state index is -1.29. The summed E-state index contributed by atoms with van der Waals surface area (Å²) in [6, 6.07) is 4.88. The first-order valence-electron chi connectivity index (χ1n) is 10.5. The van der Waals surface area contributed by atoms with Crippen molar-refractivity contribution in [2.24, 2.45) is 5.41 Å². The van der Waals surface area contributed by atoms with Gasteiger partial charge in [0.2, 0.25) is 5.91 Å². The highest BCUT2D eigenvalue weighted by molar-refractivity contribution is 6.09. The summed E-state index contributed by atoms with van der Waals surface area (Å²) in [4.78, 5) is 41.0. The maximum atomic E-state index is 13.2. The number of piperidine rings is 1. The number of likely N-dealkylation sites (tertiary alicyclic amines) is 1. The van der Waals surface area contributed by atoms with Crippen molar-refractivity contribution in [2.75, 3.05) is 19.6 Å². The third-order valence-electron chi connectivity index (χ3n) is 7.08. The van der Waals surface area contributed by atoms with Crippen molar-refractivity contribution < 1.29 is 18.8 Å². The molecule has 1 spiro atoms. The monoisotopic (exact) mass is 401 g/mol. The maximum absolute atomic E-state index is 13.2. The van der Waals surface area contributed by atoms with Gasteiger partial charge in [0, 0.05) is 13.1 Å². The van der Waals surface area contributed by atoms with Gasteiger partial charge in [-0.3, -0.25) is 14.5 Å². The van der Waals surface area contributed by atoms with Crippen LogP contribution in [0.5, 0.6) is 0 Å². The second-order valence-electron chi connectivity index (χ2n) is 8.89. The molecular formula is C22H28FN3O3. The van der Waals surface area contributed by atoms with Gasteiger partial charge in [0.25, 0.3) is 5.91 Å². The molecule has 2 saturated heterocycles. The van der Waals surface area contributed by atoms with Gasteiger partial charge >= 0.3 is 6.03 Å². The molecule has 1 unspecified atom stereocenters. The van der Waals surface area contributed by atoms with Crippen LogP contribution in [-0.4, -0.2) is 47.3 Å². The number of hydrogen-bond donors (Lipinski definition) is 1. The van der Waals surface area contributed by atoms with E-state index in [-0.39, 0.29) is 12.5 Å². The molecule has 1 aromatic rings. The first-order chi connectivity index (χ1) is 13.8. The van der Waals surface area contributed by atoms with Gasteiger partial charge in [0.05, 0.1) is 0 Å². The van der Waals surface area contributed by atoms with Gasteiger partial charge in [-0.2, -0.15) is 0 Å². The van der Waals surface area contributed by atoms with E-state index >= 15 is 0 Å². The van der Waals surface area contributed by atoms with E-state index in [9.17, 15) is 18.8 Å². The molecule has 1 atom stereocenters. The largest absolute Gasteiger partial charge is 0.341 e. The molecule has 4 rings (SSSR count). The van der Waals surface area contributed by atoms with Crippen LogP contribution in [0.3, 0.4) is 0 Å². The average Bonchev–Trinajstić information content (AvgIpc) is 2.93. The molecule has 0 bridgehead atoms. The van der Waals surface area contributed by atoms with Crippen molar-refractivity contribution >= 4 is 17.8 Å². The number of imide groups is 1. The fraction of sp³-hybridized carbons (Fsp3) is 0.591. The molecule has 4 amide bonds. The van der Waals surface area contributed by atoms with E-state index in [1.807, 2.05) is 0 Å². The minimum absolute atomic E-state index is 0.192. The van der Waals surface area contributed by atoms with Crippen LogP contribution in [0.2, 0.25) is 0 Å². The summed E-state index contributed by atoms with van der Waals surface area (Å²) in [5.41, 5.74) is -0.416. The van der Waals surface area contributed by atoms with Crippen LogP contribution < -0.4 is 5.32 Å². The zero-order valence-corrected chi connectivity index (χ0v) is 16.9. The van der Waals surface area contributed by atoms with E-state index in [1.165, 1.54) is 56.4 Å². The van der Waals surface area contributed by atoms with E-state index in [0.717, 1.165) is 17.7 Å². The number of nitrogens with one attached hydrogen (secondary N) is 1. The number of amides is 4. The summed E-state index contributed by atoms with van der Waals surface area (Å²) in [7, 11) is 0. The van der Waals surface area contributed by atoms with E-state index in [0.29, 0.717) is 24.1 Å². The van der Waals surface area contributed by atoms with E-state index in [1.54, 1.807) is 11.8 Å². The van der Waals surface area contributed by atoms with Gasteiger partial charge in [-0.1, -0.05) is 31.4 Å². The van der Waals surface area contributed by atoms with E-state index in [2.05, 4.69) is 5.32 Å². The van der Waals surface area contributed by atoms with Crippen molar-refractivity contribution in [3.05, 3.63) is 35.6 Å². The first kappa shape index (κ1) is 19.9. The smallest absolute Gasteiger partial charge is 0.325 e. The minimum Gasteiger partial charge on any atom is -0.341 e. The summed E-state index contributed by atoms with van der Waals surface area (Å²) >= 11 is 0. The van der Waals surface area contributed by atoms with Crippen LogP contribution in [-0.2, 0) is 15.1 Å². The molecule has 7 heteroatoms. The van der Waals surface area contributed by atoms with Crippen molar-refractivity contribution in [1.82, 2.24) is 15.1 Å². The Morgan fingerprint density at radius 3 is 2.28 bits per heavy atom. The molecule has 3 aliphatic rings. The van der Waals surface area contributed by atoms with Crippen LogP contribution in [0.15, 0.2) is 24.3 Å². The molecular weight excluding hydrogens is 373 g/mol. The average molecular weight is 401 g/mol. The fourth-order valence-corrected chi connectivity index (χ4v) is 5.09. The highest BCUT2D eigenvalue weighted by Crippen LogP contribution is 2.44. The lowest BCUT2D eigenvalue weighted by molar-refractivity contribution is -0.140. The predicted molar refractivity (Wildman–Crippen MR) is 105 cm³/mol. The SMILES string of the molecule is CC1(c2ccc(F)cc2)NC(=O)N(CC(=O)N2CCC3(CCCCC3)CC2)C1=O. The lowest BCUT2D eigenvalue weighted by atomic mass is 9.68. The third kappa shape index (κ3) is 3.63. The Morgan fingerprint density at radius 2 is 1.66 bits per heavy atom. The lowest BCUT2D eigenvalue weighted by Crippen LogP contribution is -2.48. The Kier molecular flexibility index (Phi) is 5.09. The molecule has 3 fully saturated rings. The van der Waals surface area contributed by atoms with E-state index < -0.39 is 23.3 Å². The van der Waals surface area contributed by atoms with Crippen LogP contribution in [0.4, 0.5) is 9.18 Å². The van der Waals surface area contributed by atoms with Gasteiger partial charge in [0.15, 0.2) is 0 Å². The molecule has 1 aliphatic carbocycles. The lowest BCUT2D eigenvalue weighted by Gasteiger charge is -2.44. The quantitative estimate of drug-likeness (QED) is 0.791. The summed E-state index contributed by atoms with van der Waals surface area (Å²) in [5.74, 6) is -1.09. The Balaban J connectivity index is 1.40. The van der Waals surface area contributed by atoms with E-state index in [4.69, 9.17) is 0 Å². The molecule has 0 aromatic heterocycles. The molecule has 1 aromatic carbocycles. The van der Waals surface area contributed by atoms with Gasteiger partial charge in [-0.05, 0) is 55.7 Å². The molecule has 156 valence electrons. The predicted octanol–water partition coefficient (Wildman–Crippen LogP) is 3.17. The van der Waals surface area contributed by atoms with Crippen molar-refractivity contribution in [3.8, 4) is 0 Å². The molecule has 1 N–H and O–H groups in total. The zero-order valence-electron chi connectivity index (χ0n) is 16.9. The molecule has 1 saturated carbocycles. The Morgan fingerprint density at radius 1 is 1.03 bits per heavy atom. The molecule has 2 aliphatic heterocycles. The van der Waals surface area contributed by atoms with Crippen LogP contribution >= 0.6 is 0 Å². The topological polar surface area (TPSA) is 69.7 Å². The maximum Gasteiger partial charge on any atom is 0.325 e. The summed E-state index contributed by atoms with van der Waals surface area (Å²) in [5, 5.41) is 2.66.